The van der Waals surface area contributed by atoms with Gasteiger partial charge in [0.15, 0.2) is 5.82 Å². The Morgan fingerprint density at radius 1 is 1.35 bits per heavy atom. The highest BCUT2D eigenvalue weighted by Crippen LogP contribution is 2.10. The highest BCUT2D eigenvalue weighted by Gasteiger charge is 2.12. The Morgan fingerprint density at radius 2 is 2.15 bits per heavy atom. The van der Waals surface area contributed by atoms with E-state index in [1.807, 2.05) is 4.68 Å². The first kappa shape index (κ1) is 14.6. The zero-order valence-corrected chi connectivity index (χ0v) is 11.6. The first-order valence-electron chi connectivity index (χ1n) is 6.52. The van der Waals surface area contributed by atoms with E-state index in [4.69, 9.17) is 14.8 Å². The minimum absolute atomic E-state index is 0.289. The molecule has 0 unspecified atom stereocenters. The lowest BCUT2D eigenvalue weighted by Gasteiger charge is -2.10. The van der Waals surface area contributed by atoms with Gasteiger partial charge in [-0.1, -0.05) is 26.0 Å². The van der Waals surface area contributed by atoms with Crippen LogP contribution < -0.4 is 10.2 Å². The Kier molecular flexibility index (Phi) is 4.76. The van der Waals surface area contributed by atoms with Gasteiger partial charge in [0.05, 0.1) is 0 Å². The summed E-state index contributed by atoms with van der Waals surface area (Å²) >= 11 is 0. The summed E-state index contributed by atoms with van der Waals surface area (Å²) in [6.07, 6.45) is 1.51. The summed E-state index contributed by atoms with van der Waals surface area (Å²) < 4.78 is 7.43. The number of nitrogens with zero attached hydrogens (tertiary/aromatic N) is 3. The zero-order chi connectivity index (χ0) is 14.5. The summed E-state index contributed by atoms with van der Waals surface area (Å²) in [5, 5.41) is 22.4. The molecule has 0 spiro atoms. The number of benzene rings is 1. The lowest BCUT2D eigenvalue weighted by atomic mass is 9.80. The second-order valence-electron chi connectivity index (χ2n) is 4.99. The van der Waals surface area contributed by atoms with Gasteiger partial charge in [-0.2, -0.15) is 5.10 Å². The van der Waals surface area contributed by atoms with E-state index in [1.54, 1.807) is 24.3 Å². The molecule has 1 aromatic heterocycles. The van der Waals surface area contributed by atoms with Gasteiger partial charge in [0.25, 0.3) is 0 Å². The Bertz CT molecular complexity index is 557. The molecule has 0 aliphatic heterocycles. The molecule has 2 rings (SSSR count). The van der Waals surface area contributed by atoms with Crippen LogP contribution in [-0.2, 0) is 13.2 Å². The number of hydrogen-bond acceptors (Lipinski definition) is 5. The molecule has 2 N–H and O–H groups in total. The SMILES string of the molecule is CC(C)Cn1ncnc1COc1cccc(B(O)O)c1. The molecule has 20 heavy (non-hydrogen) atoms. The van der Waals surface area contributed by atoms with Crippen molar-refractivity contribution in [2.75, 3.05) is 0 Å². The van der Waals surface area contributed by atoms with Gasteiger partial charge < -0.3 is 14.8 Å². The molecule has 0 amide bonds. The maximum absolute atomic E-state index is 9.12. The van der Waals surface area contributed by atoms with E-state index in [0.717, 1.165) is 12.4 Å². The molecule has 0 aliphatic rings. The molecular formula is C13H18BN3O3. The monoisotopic (exact) mass is 275 g/mol. The summed E-state index contributed by atoms with van der Waals surface area (Å²) in [6, 6.07) is 6.69. The maximum atomic E-state index is 9.12. The van der Waals surface area contributed by atoms with E-state index in [9.17, 15) is 0 Å². The predicted molar refractivity (Wildman–Crippen MR) is 75.5 cm³/mol. The van der Waals surface area contributed by atoms with E-state index in [2.05, 4.69) is 23.9 Å². The van der Waals surface area contributed by atoms with Gasteiger partial charge in [0, 0.05) is 6.54 Å². The molecule has 0 atom stereocenters. The van der Waals surface area contributed by atoms with Gasteiger partial charge in [-0.25, -0.2) is 9.67 Å². The fraction of sp³-hybridized carbons (Fsp3) is 0.385. The van der Waals surface area contributed by atoms with Gasteiger partial charge in [0.2, 0.25) is 0 Å². The number of ether oxygens (including phenoxy) is 1. The van der Waals surface area contributed by atoms with Crippen molar-refractivity contribution in [3.8, 4) is 5.75 Å². The molecule has 0 saturated heterocycles. The lowest BCUT2D eigenvalue weighted by molar-refractivity contribution is 0.282. The molecule has 7 heteroatoms. The van der Waals surface area contributed by atoms with Gasteiger partial charge >= 0.3 is 7.12 Å². The van der Waals surface area contributed by atoms with Crippen molar-refractivity contribution in [2.45, 2.75) is 27.0 Å². The normalized spacial score (nSPS) is 10.8. The van der Waals surface area contributed by atoms with Crippen molar-refractivity contribution >= 4 is 12.6 Å². The molecule has 0 aliphatic carbocycles. The molecule has 1 heterocycles. The summed E-state index contributed by atoms with van der Waals surface area (Å²) in [5.41, 5.74) is 0.395. The minimum atomic E-state index is -1.50. The Balaban J connectivity index is 2.02. The highest BCUT2D eigenvalue weighted by atomic mass is 16.5. The van der Waals surface area contributed by atoms with Crippen molar-refractivity contribution in [3.05, 3.63) is 36.4 Å². The van der Waals surface area contributed by atoms with Crippen LogP contribution in [0.15, 0.2) is 30.6 Å². The van der Waals surface area contributed by atoms with Crippen LogP contribution in [-0.4, -0.2) is 31.9 Å². The van der Waals surface area contributed by atoms with Crippen molar-refractivity contribution in [3.63, 3.8) is 0 Å². The maximum Gasteiger partial charge on any atom is 0.488 e. The lowest BCUT2D eigenvalue weighted by Crippen LogP contribution is -2.29. The van der Waals surface area contributed by atoms with Gasteiger partial charge in [-0.15, -0.1) is 0 Å². The summed E-state index contributed by atoms with van der Waals surface area (Å²) in [4.78, 5) is 4.17. The van der Waals surface area contributed by atoms with Crippen LogP contribution in [0.3, 0.4) is 0 Å². The third-order valence-electron chi connectivity index (χ3n) is 2.76. The second kappa shape index (κ2) is 6.54. The number of hydrogen-bond donors (Lipinski definition) is 2. The second-order valence-corrected chi connectivity index (χ2v) is 4.99. The smallest absolute Gasteiger partial charge is 0.486 e. The fourth-order valence-electron chi connectivity index (χ4n) is 1.81. The van der Waals surface area contributed by atoms with E-state index >= 15 is 0 Å². The van der Waals surface area contributed by atoms with Crippen LogP contribution in [0.4, 0.5) is 0 Å². The Morgan fingerprint density at radius 3 is 2.85 bits per heavy atom. The van der Waals surface area contributed by atoms with Crippen LogP contribution in [0.1, 0.15) is 19.7 Å². The van der Waals surface area contributed by atoms with E-state index < -0.39 is 7.12 Å². The third kappa shape index (κ3) is 3.82. The van der Waals surface area contributed by atoms with Crippen molar-refractivity contribution < 1.29 is 14.8 Å². The summed E-state index contributed by atoms with van der Waals surface area (Å²) in [6.45, 7) is 5.29. The Labute approximate surface area is 118 Å². The molecular weight excluding hydrogens is 257 g/mol. The average molecular weight is 275 g/mol. The molecule has 2 aromatic rings. The average Bonchev–Trinajstić information content (AvgIpc) is 2.83. The van der Waals surface area contributed by atoms with Crippen molar-refractivity contribution in [1.82, 2.24) is 14.8 Å². The van der Waals surface area contributed by atoms with Gasteiger partial charge in [-0.3, -0.25) is 0 Å². The predicted octanol–water partition coefficient (Wildman–Crippen LogP) is 0.193. The molecule has 106 valence electrons. The third-order valence-corrected chi connectivity index (χ3v) is 2.76. The molecule has 0 saturated carbocycles. The van der Waals surface area contributed by atoms with Crippen LogP contribution in [0.25, 0.3) is 0 Å². The fourth-order valence-corrected chi connectivity index (χ4v) is 1.81. The summed E-state index contributed by atoms with van der Waals surface area (Å²) in [5.74, 6) is 1.78. The molecule has 0 fully saturated rings. The van der Waals surface area contributed by atoms with E-state index in [1.165, 1.54) is 6.33 Å². The van der Waals surface area contributed by atoms with Crippen molar-refractivity contribution in [1.29, 1.82) is 0 Å². The van der Waals surface area contributed by atoms with Gasteiger partial charge in [0.1, 0.15) is 18.7 Å². The van der Waals surface area contributed by atoms with Crippen LogP contribution in [0.5, 0.6) is 5.75 Å². The Hall–Kier alpha value is -1.86. The van der Waals surface area contributed by atoms with Crippen LogP contribution >= 0.6 is 0 Å². The quantitative estimate of drug-likeness (QED) is 0.736. The van der Waals surface area contributed by atoms with E-state index in [0.29, 0.717) is 17.1 Å². The standard InChI is InChI=1S/C13H18BN3O3/c1-10(2)7-17-13(15-9-16-17)8-20-12-5-3-4-11(6-12)14(18)19/h3-6,9-10,18-19H,7-8H2,1-2H3. The first-order chi connectivity index (χ1) is 9.56. The van der Waals surface area contributed by atoms with Crippen LogP contribution in [0, 0.1) is 5.92 Å². The minimum Gasteiger partial charge on any atom is -0.486 e. The van der Waals surface area contributed by atoms with Crippen LogP contribution in [0.2, 0.25) is 0 Å². The first-order valence-corrected chi connectivity index (χ1v) is 6.52. The molecule has 6 nitrogen and oxygen atoms in total. The largest absolute Gasteiger partial charge is 0.488 e. The zero-order valence-electron chi connectivity index (χ0n) is 11.6. The van der Waals surface area contributed by atoms with Gasteiger partial charge in [-0.05, 0) is 23.5 Å². The summed E-state index contributed by atoms with van der Waals surface area (Å²) in [7, 11) is -1.50. The number of aromatic nitrogens is 3. The molecule has 1 aromatic carbocycles. The number of rotatable bonds is 6. The molecule has 0 radical (unpaired) electrons. The van der Waals surface area contributed by atoms with E-state index in [-0.39, 0.29) is 6.61 Å². The topological polar surface area (TPSA) is 80.4 Å². The highest BCUT2D eigenvalue weighted by molar-refractivity contribution is 6.58. The molecule has 0 bridgehead atoms. The van der Waals surface area contributed by atoms with Crippen molar-refractivity contribution in [2.24, 2.45) is 5.92 Å².